The Balaban J connectivity index is 2.37. The van der Waals surface area contributed by atoms with Crippen LogP contribution in [0.5, 0.6) is 0 Å². The molecule has 1 amide bonds. The van der Waals surface area contributed by atoms with Crippen LogP contribution in [-0.2, 0) is 9.59 Å². The van der Waals surface area contributed by atoms with Gasteiger partial charge in [-0.1, -0.05) is 13.3 Å². The van der Waals surface area contributed by atoms with Gasteiger partial charge < -0.3 is 10.0 Å². The van der Waals surface area contributed by atoms with E-state index in [9.17, 15) is 9.59 Å². The van der Waals surface area contributed by atoms with Gasteiger partial charge in [0.15, 0.2) is 0 Å². The third-order valence-electron chi connectivity index (χ3n) is 2.60. The van der Waals surface area contributed by atoms with Gasteiger partial charge in [-0.3, -0.25) is 9.59 Å². The maximum atomic E-state index is 11.7. The van der Waals surface area contributed by atoms with Crippen molar-refractivity contribution >= 4 is 11.9 Å². The highest BCUT2D eigenvalue weighted by molar-refractivity contribution is 5.81. The molecule has 1 rings (SSSR count). The summed E-state index contributed by atoms with van der Waals surface area (Å²) in [5.74, 6) is -0.374. The minimum Gasteiger partial charge on any atom is -0.480 e. The fourth-order valence-electron chi connectivity index (χ4n) is 1.52. The number of carbonyl (C=O) groups is 2. The first-order chi connectivity index (χ1) is 7.13. The van der Waals surface area contributed by atoms with Crippen LogP contribution in [0.2, 0.25) is 0 Å². The molecule has 0 bridgehead atoms. The summed E-state index contributed by atoms with van der Waals surface area (Å²) in [6.45, 7) is 2.52. The van der Waals surface area contributed by atoms with E-state index in [-0.39, 0.29) is 12.5 Å². The molecule has 0 aromatic rings. The standard InChI is InChI=1S/C11H19NO3/c1-2-3-4-10(13)12(8-11(14)15)7-9-5-6-9/h9H,2-8H2,1H3,(H,14,15). The molecule has 0 spiro atoms. The van der Waals surface area contributed by atoms with Crippen LogP contribution >= 0.6 is 0 Å². The van der Waals surface area contributed by atoms with E-state index in [1.54, 1.807) is 0 Å². The molecule has 4 heteroatoms. The second-order valence-corrected chi connectivity index (χ2v) is 4.21. The molecule has 0 radical (unpaired) electrons. The molecule has 1 aliphatic carbocycles. The molecule has 4 nitrogen and oxygen atoms in total. The summed E-state index contributed by atoms with van der Waals surface area (Å²) in [5.41, 5.74) is 0. The second-order valence-electron chi connectivity index (χ2n) is 4.21. The van der Waals surface area contributed by atoms with Crippen LogP contribution in [0.4, 0.5) is 0 Å². The number of amides is 1. The number of hydrogen-bond acceptors (Lipinski definition) is 2. The molecule has 0 atom stereocenters. The van der Waals surface area contributed by atoms with Gasteiger partial charge in [-0.25, -0.2) is 0 Å². The molecule has 0 aliphatic heterocycles. The van der Waals surface area contributed by atoms with Crippen molar-refractivity contribution in [3.8, 4) is 0 Å². The van der Waals surface area contributed by atoms with Crippen LogP contribution < -0.4 is 0 Å². The maximum absolute atomic E-state index is 11.7. The normalized spacial score (nSPS) is 15.0. The highest BCUT2D eigenvalue weighted by Gasteiger charge is 2.27. The monoisotopic (exact) mass is 213 g/mol. The fraction of sp³-hybridized carbons (Fsp3) is 0.818. The van der Waals surface area contributed by atoms with E-state index in [4.69, 9.17) is 5.11 Å². The zero-order valence-corrected chi connectivity index (χ0v) is 9.24. The zero-order valence-electron chi connectivity index (χ0n) is 9.24. The number of nitrogens with zero attached hydrogens (tertiary/aromatic N) is 1. The predicted octanol–water partition coefficient (Wildman–Crippen LogP) is 1.50. The van der Waals surface area contributed by atoms with E-state index in [0.717, 1.165) is 25.7 Å². The van der Waals surface area contributed by atoms with E-state index in [1.165, 1.54) is 4.90 Å². The average molecular weight is 213 g/mol. The number of carboxylic acids is 1. The summed E-state index contributed by atoms with van der Waals surface area (Å²) in [6, 6.07) is 0. The minimum absolute atomic E-state index is 0.00819. The number of carbonyl (C=O) groups excluding carboxylic acids is 1. The molecule has 86 valence electrons. The Morgan fingerprint density at radius 2 is 2.07 bits per heavy atom. The van der Waals surface area contributed by atoms with Crippen molar-refractivity contribution in [2.75, 3.05) is 13.1 Å². The molecule has 0 saturated heterocycles. The first-order valence-corrected chi connectivity index (χ1v) is 5.63. The zero-order chi connectivity index (χ0) is 11.3. The van der Waals surface area contributed by atoms with Crippen LogP contribution in [0.1, 0.15) is 39.0 Å². The van der Waals surface area contributed by atoms with Gasteiger partial charge in [0.1, 0.15) is 6.54 Å². The van der Waals surface area contributed by atoms with E-state index in [0.29, 0.717) is 18.9 Å². The van der Waals surface area contributed by atoms with E-state index >= 15 is 0 Å². The van der Waals surface area contributed by atoms with Crippen LogP contribution in [-0.4, -0.2) is 35.0 Å². The molecular formula is C11H19NO3. The second kappa shape index (κ2) is 5.73. The Bertz CT molecular complexity index is 236. The topological polar surface area (TPSA) is 57.6 Å². The Morgan fingerprint density at radius 1 is 1.40 bits per heavy atom. The third-order valence-corrected chi connectivity index (χ3v) is 2.60. The summed E-state index contributed by atoms with van der Waals surface area (Å²) in [7, 11) is 0. The van der Waals surface area contributed by atoms with Crippen molar-refractivity contribution in [2.45, 2.75) is 39.0 Å². The highest BCUT2D eigenvalue weighted by atomic mass is 16.4. The molecule has 1 aliphatic rings. The van der Waals surface area contributed by atoms with Crippen molar-refractivity contribution in [1.29, 1.82) is 0 Å². The SMILES string of the molecule is CCCCC(=O)N(CC(=O)O)CC1CC1. The molecule has 1 fully saturated rings. The Kier molecular flexibility index (Phi) is 4.59. The van der Waals surface area contributed by atoms with Gasteiger partial charge in [0.05, 0.1) is 0 Å². The predicted molar refractivity (Wildman–Crippen MR) is 56.5 cm³/mol. The molecule has 0 unspecified atom stereocenters. The van der Waals surface area contributed by atoms with Gasteiger partial charge in [0, 0.05) is 13.0 Å². The third kappa shape index (κ3) is 4.81. The van der Waals surface area contributed by atoms with Crippen molar-refractivity contribution in [1.82, 2.24) is 4.90 Å². The quantitative estimate of drug-likeness (QED) is 0.697. The van der Waals surface area contributed by atoms with Crippen LogP contribution in [0.25, 0.3) is 0 Å². The molecule has 0 aromatic heterocycles. The smallest absolute Gasteiger partial charge is 0.323 e. The Morgan fingerprint density at radius 3 is 2.53 bits per heavy atom. The number of aliphatic carboxylic acids is 1. The Labute approximate surface area is 90.3 Å². The molecule has 1 saturated carbocycles. The average Bonchev–Trinajstić information content (AvgIpc) is 2.96. The van der Waals surface area contributed by atoms with Crippen LogP contribution in [0, 0.1) is 5.92 Å². The summed E-state index contributed by atoms with van der Waals surface area (Å²) in [4.78, 5) is 23.8. The van der Waals surface area contributed by atoms with Crippen LogP contribution in [0.15, 0.2) is 0 Å². The minimum atomic E-state index is -0.916. The Hall–Kier alpha value is -1.06. The summed E-state index contributed by atoms with van der Waals surface area (Å²) in [6.07, 6.45) is 4.57. The van der Waals surface area contributed by atoms with Crippen molar-refractivity contribution in [2.24, 2.45) is 5.92 Å². The lowest BCUT2D eigenvalue weighted by Crippen LogP contribution is -2.37. The summed E-state index contributed by atoms with van der Waals surface area (Å²) in [5, 5.41) is 8.70. The van der Waals surface area contributed by atoms with Gasteiger partial charge in [-0.2, -0.15) is 0 Å². The van der Waals surface area contributed by atoms with E-state index in [1.807, 2.05) is 6.92 Å². The summed E-state index contributed by atoms with van der Waals surface area (Å²) < 4.78 is 0. The maximum Gasteiger partial charge on any atom is 0.323 e. The lowest BCUT2D eigenvalue weighted by Gasteiger charge is -2.20. The number of hydrogen-bond donors (Lipinski definition) is 1. The van der Waals surface area contributed by atoms with Gasteiger partial charge in [-0.05, 0) is 25.2 Å². The van der Waals surface area contributed by atoms with E-state index in [2.05, 4.69) is 0 Å². The lowest BCUT2D eigenvalue weighted by atomic mass is 10.2. The van der Waals surface area contributed by atoms with Gasteiger partial charge in [-0.15, -0.1) is 0 Å². The molecular weight excluding hydrogens is 194 g/mol. The van der Waals surface area contributed by atoms with Crippen molar-refractivity contribution < 1.29 is 14.7 Å². The van der Waals surface area contributed by atoms with Gasteiger partial charge >= 0.3 is 5.97 Å². The highest BCUT2D eigenvalue weighted by Crippen LogP contribution is 2.29. The molecule has 15 heavy (non-hydrogen) atoms. The number of carboxylic acid groups (broad SMARTS) is 1. The van der Waals surface area contributed by atoms with E-state index < -0.39 is 5.97 Å². The molecule has 1 N–H and O–H groups in total. The van der Waals surface area contributed by atoms with Crippen molar-refractivity contribution in [3.05, 3.63) is 0 Å². The first-order valence-electron chi connectivity index (χ1n) is 5.63. The summed E-state index contributed by atoms with van der Waals surface area (Å²) >= 11 is 0. The van der Waals surface area contributed by atoms with Crippen LogP contribution in [0.3, 0.4) is 0 Å². The first kappa shape index (κ1) is 12.0. The molecule has 0 heterocycles. The van der Waals surface area contributed by atoms with Gasteiger partial charge in [0.25, 0.3) is 0 Å². The number of unbranched alkanes of at least 4 members (excludes halogenated alkanes) is 1. The lowest BCUT2D eigenvalue weighted by molar-refractivity contribution is -0.144. The largest absolute Gasteiger partial charge is 0.480 e. The fourth-order valence-corrected chi connectivity index (χ4v) is 1.52. The number of rotatable bonds is 7. The molecule has 0 aromatic carbocycles. The van der Waals surface area contributed by atoms with Crippen molar-refractivity contribution in [3.63, 3.8) is 0 Å². The van der Waals surface area contributed by atoms with Gasteiger partial charge in [0.2, 0.25) is 5.91 Å².